The molecule has 9 heteroatoms. The van der Waals surface area contributed by atoms with Gasteiger partial charge in [-0.1, -0.05) is 30.3 Å². The molecule has 0 aliphatic rings. The Bertz CT molecular complexity index is 1280. The summed E-state index contributed by atoms with van der Waals surface area (Å²) < 4.78 is 33.8. The van der Waals surface area contributed by atoms with E-state index in [-0.39, 0.29) is 16.6 Å². The van der Waals surface area contributed by atoms with Crippen LogP contribution in [-0.4, -0.2) is 27.2 Å². The van der Waals surface area contributed by atoms with E-state index in [0.29, 0.717) is 34.0 Å². The standard InChI is InChI=1S/C24H23N3O4S2/c1-17-7-12-20(26-24(28)16-32-15-19-10-8-18(14-25)9-11-19)13-23(17)33(29,30)27-21-5-3-4-6-22(21)31-2/h3-13,27H,15-16H2,1-2H3,(H,26,28). The van der Waals surface area contributed by atoms with Crippen LogP contribution in [0.2, 0.25) is 0 Å². The molecule has 0 saturated carbocycles. The maximum atomic E-state index is 13.0. The number of ether oxygens (including phenoxy) is 1. The van der Waals surface area contributed by atoms with Crippen LogP contribution in [0.5, 0.6) is 5.75 Å². The summed E-state index contributed by atoms with van der Waals surface area (Å²) in [6.45, 7) is 1.69. The molecule has 7 nitrogen and oxygen atoms in total. The Balaban J connectivity index is 1.65. The first kappa shape index (κ1) is 24.2. The SMILES string of the molecule is COc1ccccc1NS(=O)(=O)c1cc(NC(=O)CSCc2ccc(C#N)cc2)ccc1C. The molecule has 3 rings (SSSR count). The van der Waals surface area contributed by atoms with E-state index in [4.69, 9.17) is 10.00 Å². The van der Waals surface area contributed by atoms with Crippen LogP contribution in [0.15, 0.2) is 71.6 Å². The molecule has 0 fully saturated rings. The predicted molar refractivity (Wildman–Crippen MR) is 131 cm³/mol. The fraction of sp³-hybridized carbons (Fsp3) is 0.167. The van der Waals surface area contributed by atoms with Gasteiger partial charge in [0.15, 0.2) is 0 Å². The maximum absolute atomic E-state index is 13.0. The number of amides is 1. The number of nitriles is 1. The molecule has 0 radical (unpaired) electrons. The number of rotatable bonds is 9. The molecule has 0 spiro atoms. The van der Waals surface area contributed by atoms with E-state index < -0.39 is 10.0 Å². The fourth-order valence-corrected chi connectivity index (χ4v) is 5.16. The normalized spacial score (nSPS) is 10.8. The number of benzene rings is 3. The lowest BCUT2D eigenvalue weighted by Crippen LogP contribution is -2.17. The number of carbonyl (C=O) groups is 1. The fourth-order valence-electron chi connectivity index (χ4n) is 3.03. The zero-order valence-corrected chi connectivity index (χ0v) is 19.8. The molecule has 0 atom stereocenters. The van der Waals surface area contributed by atoms with Crippen LogP contribution in [0.3, 0.4) is 0 Å². The molecular formula is C24H23N3O4S2. The van der Waals surface area contributed by atoms with Gasteiger partial charge in [0.2, 0.25) is 5.91 Å². The topological polar surface area (TPSA) is 108 Å². The van der Waals surface area contributed by atoms with Crippen molar-refractivity contribution in [1.29, 1.82) is 5.26 Å². The Labute approximate surface area is 197 Å². The van der Waals surface area contributed by atoms with Crippen molar-refractivity contribution >= 4 is 39.1 Å². The number of carbonyl (C=O) groups excluding carboxylic acids is 1. The third-order valence-corrected chi connectivity index (χ3v) is 7.21. The van der Waals surface area contributed by atoms with Crippen molar-refractivity contribution in [3.05, 3.63) is 83.4 Å². The van der Waals surface area contributed by atoms with Crippen molar-refractivity contribution in [1.82, 2.24) is 0 Å². The molecule has 0 aromatic heterocycles. The van der Waals surface area contributed by atoms with E-state index in [0.717, 1.165) is 5.56 Å². The Morgan fingerprint density at radius 1 is 1.09 bits per heavy atom. The minimum atomic E-state index is -3.90. The third kappa shape index (κ3) is 6.51. The number of anilines is 2. The Hall–Kier alpha value is -3.48. The first-order chi connectivity index (χ1) is 15.8. The number of nitrogens with zero attached hydrogens (tertiary/aromatic N) is 1. The Kier molecular flexibility index (Phi) is 7.98. The lowest BCUT2D eigenvalue weighted by Gasteiger charge is -2.14. The minimum Gasteiger partial charge on any atom is -0.495 e. The van der Waals surface area contributed by atoms with E-state index in [2.05, 4.69) is 16.1 Å². The maximum Gasteiger partial charge on any atom is 0.262 e. The highest BCUT2D eigenvalue weighted by Gasteiger charge is 2.20. The van der Waals surface area contributed by atoms with E-state index in [1.165, 1.54) is 24.9 Å². The smallest absolute Gasteiger partial charge is 0.262 e. The van der Waals surface area contributed by atoms with Crippen molar-refractivity contribution in [2.75, 3.05) is 22.9 Å². The van der Waals surface area contributed by atoms with E-state index >= 15 is 0 Å². The number of nitrogens with one attached hydrogen (secondary N) is 2. The summed E-state index contributed by atoms with van der Waals surface area (Å²) in [5, 5.41) is 11.6. The number of thioether (sulfide) groups is 1. The van der Waals surface area contributed by atoms with Crippen molar-refractivity contribution < 1.29 is 17.9 Å². The van der Waals surface area contributed by atoms with Crippen LogP contribution >= 0.6 is 11.8 Å². The van der Waals surface area contributed by atoms with Crippen molar-refractivity contribution in [2.45, 2.75) is 17.6 Å². The molecule has 3 aromatic carbocycles. The molecule has 0 saturated heterocycles. The highest BCUT2D eigenvalue weighted by molar-refractivity contribution is 7.99. The van der Waals surface area contributed by atoms with Gasteiger partial charge in [-0.25, -0.2) is 8.42 Å². The van der Waals surface area contributed by atoms with Gasteiger partial charge in [-0.2, -0.15) is 5.26 Å². The number of hydrogen-bond acceptors (Lipinski definition) is 6. The van der Waals surface area contributed by atoms with Crippen molar-refractivity contribution in [2.24, 2.45) is 0 Å². The monoisotopic (exact) mass is 481 g/mol. The van der Waals surface area contributed by atoms with Crippen LogP contribution in [0.4, 0.5) is 11.4 Å². The van der Waals surface area contributed by atoms with Crippen LogP contribution in [-0.2, 0) is 20.6 Å². The molecule has 1 amide bonds. The van der Waals surface area contributed by atoms with E-state index in [1.54, 1.807) is 55.5 Å². The van der Waals surface area contributed by atoms with Gasteiger partial charge in [0.05, 0.1) is 35.1 Å². The largest absolute Gasteiger partial charge is 0.495 e. The zero-order valence-electron chi connectivity index (χ0n) is 18.2. The minimum absolute atomic E-state index is 0.0661. The number of aryl methyl sites for hydroxylation is 1. The second-order valence-corrected chi connectivity index (χ2v) is 9.77. The van der Waals surface area contributed by atoms with Crippen LogP contribution in [0.1, 0.15) is 16.7 Å². The molecule has 0 unspecified atom stereocenters. The molecular weight excluding hydrogens is 458 g/mol. The molecule has 3 aromatic rings. The van der Waals surface area contributed by atoms with Crippen LogP contribution < -0.4 is 14.8 Å². The second-order valence-electron chi connectivity index (χ2n) is 7.14. The average Bonchev–Trinajstić information content (AvgIpc) is 2.81. The summed E-state index contributed by atoms with van der Waals surface area (Å²) in [5.74, 6) is 0.992. The molecule has 2 N–H and O–H groups in total. The molecule has 0 aliphatic heterocycles. The van der Waals surface area contributed by atoms with Gasteiger partial charge in [0, 0.05) is 11.4 Å². The summed E-state index contributed by atoms with van der Waals surface area (Å²) in [6, 6.07) is 20.8. The molecule has 0 aliphatic carbocycles. The zero-order chi connectivity index (χ0) is 23.8. The number of methoxy groups -OCH3 is 1. The molecule has 0 bridgehead atoms. The molecule has 0 heterocycles. The molecule has 170 valence electrons. The first-order valence-electron chi connectivity index (χ1n) is 9.95. The average molecular weight is 482 g/mol. The van der Waals surface area contributed by atoms with Gasteiger partial charge in [0.1, 0.15) is 5.75 Å². The quantitative estimate of drug-likeness (QED) is 0.464. The molecule has 33 heavy (non-hydrogen) atoms. The summed E-state index contributed by atoms with van der Waals surface area (Å²) >= 11 is 1.43. The van der Waals surface area contributed by atoms with Crippen LogP contribution in [0, 0.1) is 18.3 Å². The summed E-state index contributed by atoms with van der Waals surface area (Å²) in [7, 11) is -2.44. The Morgan fingerprint density at radius 2 is 1.82 bits per heavy atom. The summed E-state index contributed by atoms with van der Waals surface area (Å²) in [6.07, 6.45) is 0. The van der Waals surface area contributed by atoms with Crippen molar-refractivity contribution in [3.63, 3.8) is 0 Å². The van der Waals surface area contributed by atoms with Gasteiger partial charge in [0.25, 0.3) is 10.0 Å². The lowest BCUT2D eigenvalue weighted by atomic mass is 10.2. The number of hydrogen-bond donors (Lipinski definition) is 2. The van der Waals surface area contributed by atoms with Crippen molar-refractivity contribution in [3.8, 4) is 11.8 Å². The summed E-state index contributed by atoms with van der Waals surface area (Å²) in [5.41, 5.74) is 2.87. The van der Waals surface area contributed by atoms with Gasteiger partial charge in [-0.3, -0.25) is 9.52 Å². The number of para-hydroxylation sites is 2. The highest BCUT2D eigenvalue weighted by Crippen LogP contribution is 2.28. The van der Waals surface area contributed by atoms with E-state index in [1.807, 2.05) is 12.1 Å². The van der Waals surface area contributed by atoms with Gasteiger partial charge in [-0.15, -0.1) is 11.8 Å². The van der Waals surface area contributed by atoms with E-state index in [9.17, 15) is 13.2 Å². The summed E-state index contributed by atoms with van der Waals surface area (Å²) in [4.78, 5) is 12.4. The third-order valence-electron chi connectivity index (χ3n) is 4.70. The van der Waals surface area contributed by atoms with Crippen LogP contribution in [0.25, 0.3) is 0 Å². The number of sulfonamides is 1. The first-order valence-corrected chi connectivity index (χ1v) is 12.6. The predicted octanol–water partition coefficient (Wildman–Crippen LogP) is 4.55. The second kappa shape index (κ2) is 10.9. The highest BCUT2D eigenvalue weighted by atomic mass is 32.2. The van der Waals surface area contributed by atoms with Gasteiger partial charge < -0.3 is 10.1 Å². The van der Waals surface area contributed by atoms with Gasteiger partial charge in [-0.05, 0) is 54.4 Å². The van der Waals surface area contributed by atoms with Gasteiger partial charge >= 0.3 is 0 Å². The lowest BCUT2D eigenvalue weighted by molar-refractivity contribution is -0.113. The Morgan fingerprint density at radius 3 is 2.52 bits per heavy atom.